The lowest BCUT2D eigenvalue weighted by molar-refractivity contribution is 0.0697. The second-order valence-electron chi connectivity index (χ2n) is 2.91. The van der Waals surface area contributed by atoms with Crippen molar-refractivity contribution in [2.75, 3.05) is 0 Å². The van der Waals surface area contributed by atoms with Crippen LogP contribution in [-0.2, 0) is 0 Å². The monoisotopic (exact) mass is 242 g/mol. The van der Waals surface area contributed by atoms with Crippen molar-refractivity contribution in [3.05, 3.63) is 48.0 Å². The van der Waals surface area contributed by atoms with Crippen molar-refractivity contribution in [2.45, 2.75) is 0 Å². The summed E-state index contributed by atoms with van der Waals surface area (Å²) >= 11 is 11.4. The Labute approximate surface area is 97.4 Å². The van der Waals surface area contributed by atoms with E-state index in [0.717, 1.165) is 0 Å². The van der Waals surface area contributed by atoms with Crippen molar-refractivity contribution < 1.29 is 9.90 Å². The fourth-order valence-corrected chi connectivity index (χ4v) is 1.28. The maximum atomic E-state index is 10.8. The largest absolute Gasteiger partial charge is 0.478 e. The van der Waals surface area contributed by atoms with E-state index in [-0.39, 0.29) is 15.6 Å². The average molecular weight is 243 g/mol. The first-order valence-electron chi connectivity index (χ1n) is 3.99. The number of rotatable bonds is 3. The third-order valence-corrected chi connectivity index (χ3v) is 2.24. The Morgan fingerprint density at radius 1 is 1.00 bits per heavy atom. The molecule has 0 saturated heterocycles. The summed E-state index contributed by atoms with van der Waals surface area (Å²) in [5.74, 6) is -1.05. The summed E-state index contributed by atoms with van der Waals surface area (Å²) in [5, 5.41) is 9.37. The minimum Gasteiger partial charge on any atom is -0.478 e. The van der Waals surface area contributed by atoms with Crippen molar-refractivity contribution >= 4 is 39.2 Å². The third kappa shape index (κ3) is 2.85. The van der Waals surface area contributed by atoms with Crippen molar-refractivity contribution in [1.82, 2.24) is 0 Å². The number of hydrogen-bond acceptors (Lipinski definition) is 1. The molecule has 1 N–H and O–H groups in total. The quantitative estimate of drug-likeness (QED) is 0.876. The zero-order valence-corrected chi connectivity index (χ0v) is 9.27. The number of hydrogen-bond donors (Lipinski definition) is 1. The summed E-state index contributed by atoms with van der Waals surface area (Å²) in [6.45, 7) is 7.05. The van der Waals surface area contributed by atoms with E-state index >= 15 is 0 Å². The molecule has 0 heterocycles. The predicted octanol–water partition coefficient (Wildman–Crippen LogP) is 3.80. The van der Waals surface area contributed by atoms with Crippen LogP contribution in [0.5, 0.6) is 0 Å². The molecular weight excluding hydrogens is 235 g/mol. The molecular formula is C11H8Cl2O2. The first-order valence-corrected chi connectivity index (χ1v) is 4.75. The lowest BCUT2D eigenvalue weighted by atomic mass is 10.1. The number of halogens is 2. The zero-order chi connectivity index (χ0) is 11.6. The van der Waals surface area contributed by atoms with E-state index in [9.17, 15) is 4.79 Å². The lowest BCUT2D eigenvalue weighted by Crippen LogP contribution is -1.98. The van der Waals surface area contributed by atoms with Gasteiger partial charge in [0.1, 0.15) is 0 Å². The van der Waals surface area contributed by atoms with Crippen LogP contribution in [-0.4, -0.2) is 11.1 Å². The van der Waals surface area contributed by atoms with E-state index in [4.69, 9.17) is 28.3 Å². The molecule has 0 amide bonds. The van der Waals surface area contributed by atoms with Gasteiger partial charge in [0.2, 0.25) is 0 Å². The van der Waals surface area contributed by atoms with Gasteiger partial charge in [-0.2, -0.15) is 0 Å². The maximum Gasteiger partial charge on any atom is 0.335 e. The molecule has 1 aromatic rings. The van der Waals surface area contributed by atoms with Crippen molar-refractivity contribution in [1.29, 1.82) is 0 Å². The lowest BCUT2D eigenvalue weighted by Gasteiger charge is -2.05. The number of benzene rings is 1. The molecule has 15 heavy (non-hydrogen) atoms. The van der Waals surface area contributed by atoms with Gasteiger partial charge in [-0.1, -0.05) is 36.4 Å². The van der Waals surface area contributed by atoms with Gasteiger partial charge in [-0.05, 0) is 29.3 Å². The summed E-state index contributed by atoms with van der Waals surface area (Å²) in [4.78, 5) is 10.8. The first-order chi connectivity index (χ1) is 6.91. The van der Waals surface area contributed by atoms with Crippen LogP contribution >= 0.6 is 23.2 Å². The normalized spacial score (nSPS) is 9.73. The minimum atomic E-state index is -1.05. The molecule has 0 saturated carbocycles. The van der Waals surface area contributed by atoms with Gasteiger partial charge in [0.05, 0.1) is 5.56 Å². The number of carboxylic acids is 1. The van der Waals surface area contributed by atoms with E-state index < -0.39 is 5.97 Å². The van der Waals surface area contributed by atoms with Crippen molar-refractivity contribution in [3.8, 4) is 0 Å². The fraction of sp³-hybridized carbons (Fsp3) is 0. The molecule has 1 rings (SSSR count). The van der Waals surface area contributed by atoms with Crippen molar-refractivity contribution in [3.63, 3.8) is 0 Å². The highest BCUT2D eigenvalue weighted by molar-refractivity contribution is 6.49. The molecule has 0 bridgehead atoms. The summed E-state index contributed by atoms with van der Waals surface area (Å²) in [7, 11) is 0. The highest BCUT2D eigenvalue weighted by atomic mass is 35.5. The van der Waals surface area contributed by atoms with Crippen LogP contribution in [0.1, 0.15) is 21.5 Å². The predicted molar refractivity (Wildman–Crippen MR) is 63.2 cm³/mol. The Morgan fingerprint density at radius 2 is 1.33 bits per heavy atom. The summed E-state index contributed by atoms with van der Waals surface area (Å²) in [5.41, 5.74) is 1.15. The van der Waals surface area contributed by atoms with Crippen LogP contribution in [0, 0.1) is 0 Å². The highest BCUT2D eigenvalue weighted by Crippen LogP contribution is 2.25. The van der Waals surface area contributed by atoms with E-state index in [2.05, 4.69) is 13.2 Å². The van der Waals surface area contributed by atoms with Crippen LogP contribution < -0.4 is 0 Å². The smallest absolute Gasteiger partial charge is 0.335 e. The zero-order valence-electron chi connectivity index (χ0n) is 7.76. The van der Waals surface area contributed by atoms with Gasteiger partial charge >= 0.3 is 5.97 Å². The molecule has 0 fully saturated rings. The van der Waals surface area contributed by atoms with Crippen LogP contribution in [0.25, 0.3) is 10.1 Å². The fourth-order valence-electron chi connectivity index (χ4n) is 1.06. The Balaban J connectivity index is 3.39. The van der Waals surface area contributed by atoms with Crippen LogP contribution in [0.2, 0.25) is 0 Å². The molecule has 0 aliphatic rings. The Morgan fingerprint density at radius 3 is 1.60 bits per heavy atom. The maximum absolute atomic E-state index is 10.8. The molecule has 0 atom stereocenters. The van der Waals surface area contributed by atoms with Gasteiger partial charge in [0, 0.05) is 10.1 Å². The third-order valence-electron chi connectivity index (χ3n) is 1.81. The van der Waals surface area contributed by atoms with Gasteiger partial charge in [0.15, 0.2) is 0 Å². The van der Waals surface area contributed by atoms with Gasteiger partial charge in [-0.15, -0.1) is 0 Å². The molecule has 0 aromatic heterocycles. The van der Waals surface area contributed by atoms with Gasteiger partial charge in [0.25, 0.3) is 0 Å². The van der Waals surface area contributed by atoms with Crippen LogP contribution in [0.3, 0.4) is 0 Å². The van der Waals surface area contributed by atoms with Gasteiger partial charge in [-0.3, -0.25) is 0 Å². The van der Waals surface area contributed by atoms with Crippen LogP contribution in [0.15, 0.2) is 31.4 Å². The van der Waals surface area contributed by atoms with Crippen LogP contribution in [0.4, 0.5) is 0 Å². The summed E-state index contributed by atoms with van der Waals surface area (Å²) in [6, 6.07) is 4.50. The SMILES string of the molecule is C=C(Cl)c1cc(C(=C)Cl)cc(C(=O)O)c1. The van der Waals surface area contributed by atoms with Crippen molar-refractivity contribution in [2.24, 2.45) is 0 Å². The molecule has 0 aliphatic heterocycles. The van der Waals surface area contributed by atoms with E-state index in [0.29, 0.717) is 11.1 Å². The molecule has 2 nitrogen and oxygen atoms in total. The topological polar surface area (TPSA) is 37.3 Å². The second kappa shape index (κ2) is 4.51. The first kappa shape index (κ1) is 11.8. The van der Waals surface area contributed by atoms with Gasteiger partial charge < -0.3 is 5.11 Å². The van der Waals surface area contributed by atoms with E-state index in [1.54, 1.807) is 6.07 Å². The number of aromatic carboxylic acids is 1. The average Bonchev–Trinajstić information content (AvgIpc) is 2.16. The minimum absolute atomic E-state index is 0.103. The molecule has 0 radical (unpaired) electrons. The summed E-state index contributed by atoms with van der Waals surface area (Å²) in [6.07, 6.45) is 0. The molecule has 4 heteroatoms. The van der Waals surface area contributed by atoms with E-state index in [1.807, 2.05) is 0 Å². The molecule has 1 aromatic carbocycles. The molecule has 0 spiro atoms. The second-order valence-corrected chi connectivity index (χ2v) is 3.83. The van der Waals surface area contributed by atoms with E-state index in [1.165, 1.54) is 12.1 Å². The van der Waals surface area contributed by atoms with Gasteiger partial charge in [-0.25, -0.2) is 4.79 Å². The molecule has 0 aliphatic carbocycles. The Bertz CT molecular complexity index is 371. The number of carboxylic acid groups (broad SMARTS) is 1. The summed E-state index contributed by atoms with van der Waals surface area (Å²) < 4.78 is 0. The highest BCUT2D eigenvalue weighted by Gasteiger charge is 2.09. The molecule has 0 unspecified atom stereocenters. The molecule has 78 valence electrons. The number of carbonyl (C=O) groups is 1. The standard InChI is InChI=1S/C11H8Cl2O2/c1-6(12)8-3-9(7(2)13)5-10(4-8)11(14)15/h3-5H,1-2H2,(H,14,15). The Hall–Kier alpha value is -1.25. The Kier molecular flexibility index (Phi) is 3.56.